The van der Waals surface area contributed by atoms with E-state index in [1.165, 1.54) is 23.5 Å². The van der Waals surface area contributed by atoms with Gasteiger partial charge in [0.25, 0.3) is 7.82 Å². The second-order valence-electron chi connectivity index (χ2n) is 10.1. The molecule has 246 valence electrons. The van der Waals surface area contributed by atoms with E-state index < -0.39 is 39.1 Å². The maximum Gasteiger partial charge on any atom is 0.315 e. The number of esters is 2. The van der Waals surface area contributed by atoms with Crippen LogP contribution in [0, 0.1) is 21.4 Å². The molecular weight excluding hydrogens is 1310 g/mol. The number of halogens is 6. The van der Waals surface area contributed by atoms with Crippen LogP contribution < -0.4 is 4.89 Å². The predicted octanol–water partition coefficient (Wildman–Crippen LogP) is 7.14. The van der Waals surface area contributed by atoms with Gasteiger partial charge in [-0.15, -0.1) is 23.5 Å². The lowest BCUT2D eigenvalue weighted by Crippen LogP contribution is -2.38. The molecule has 0 heterocycles. The maximum absolute atomic E-state index is 12.5. The molecule has 0 saturated heterocycles. The molecule has 0 N–H and O–H groups in total. The molecule has 44 heavy (non-hydrogen) atoms. The van der Waals surface area contributed by atoms with Gasteiger partial charge in [-0.25, -0.2) is 0 Å². The molecule has 0 saturated carbocycles. The molecule has 0 aliphatic heterocycles. The number of rotatable bonds is 18. The molecule has 2 aromatic rings. The smallest absolute Gasteiger partial charge is 0.315 e. The summed E-state index contributed by atoms with van der Waals surface area (Å²) < 4.78 is 40.7. The van der Waals surface area contributed by atoms with Crippen molar-refractivity contribution in [3.05, 3.63) is 56.8 Å². The molecule has 1 unspecified atom stereocenters. The Morgan fingerprint density at radius 2 is 1.25 bits per heavy atom. The van der Waals surface area contributed by atoms with Gasteiger partial charge in [-0.2, -0.15) is 0 Å². The van der Waals surface area contributed by atoms with Crippen molar-refractivity contribution in [2.24, 2.45) is 0 Å². The number of thioether (sulfide) groups is 2. The minimum absolute atomic E-state index is 0.0620. The summed E-state index contributed by atoms with van der Waals surface area (Å²) in [6.07, 6.45) is -1.25. The summed E-state index contributed by atoms with van der Waals surface area (Å²) in [6.45, 7) is -0.489. The zero-order valence-electron chi connectivity index (χ0n) is 23.8. The summed E-state index contributed by atoms with van der Waals surface area (Å²) >= 11 is 16.5. The fourth-order valence-corrected chi connectivity index (χ4v) is 11.0. The monoisotopic (exact) mass is 1340 g/mol. The number of hydrogen-bond acceptors (Lipinski definition) is 10. The molecule has 0 amide bonds. The van der Waals surface area contributed by atoms with Crippen LogP contribution in [0.4, 0.5) is 0 Å². The second-order valence-corrected chi connectivity index (χ2v) is 20.4. The summed E-state index contributed by atoms with van der Waals surface area (Å²) in [5.41, 5.74) is 2.24. The van der Waals surface area contributed by atoms with Crippen molar-refractivity contribution in [2.45, 2.75) is 17.6 Å². The highest BCUT2D eigenvalue weighted by atomic mass is 127. The van der Waals surface area contributed by atoms with Crippen LogP contribution in [0.15, 0.2) is 24.3 Å². The number of benzene rings is 2. The highest BCUT2D eigenvalue weighted by molar-refractivity contribution is 14.1. The number of hydrogen-bond donors (Lipinski definition) is 0. The highest BCUT2D eigenvalue weighted by Crippen LogP contribution is 2.40. The van der Waals surface area contributed by atoms with Crippen LogP contribution in [0.1, 0.15) is 11.1 Å². The van der Waals surface area contributed by atoms with Gasteiger partial charge in [-0.3, -0.25) is 14.2 Å². The number of phosphoric ester groups is 1. The first-order valence-corrected chi connectivity index (χ1v) is 22.9. The molecule has 0 radical (unpaired) electrons. The third-order valence-corrected chi connectivity index (χ3v) is 15.8. The van der Waals surface area contributed by atoms with Gasteiger partial charge < -0.3 is 27.9 Å². The number of ether oxygens (including phenoxy) is 2. The normalized spacial score (nSPS) is 13.2. The van der Waals surface area contributed by atoms with Gasteiger partial charge in [0.05, 0.1) is 32.6 Å². The van der Waals surface area contributed by atoms with Gasteiger partial charge in [0.1, 0.15) is 32.5 Å². The Morgan fingerprint density at radius 1 is 0.818 bits per heavy atom. The van der Waals surface area contributed by atoms with E-state index in [1.54, 1.807) is 0 Å². The van der Waals surface area contributed by atoms with Crippen LogP contribution in [-0.4, -0.2) is 81.5 Å². The molecule has 0 bridgehead atoms. The second kappa shape index (κ2) is 21.0. The quantitative estimate of drug-likeness (QED) is 0.0503. The Kier molecular flexibility index (Phi) is 20.4. The Labute approximate surface area is 349 Å². The van der Waals surface area contributed by atoms with Crippen molar-refractivity contribution in [1.82, 2.24) is 0 Å². The van der Waals surface area contributed by atoms with E-state index >= 15 is 0 Å². The first-order chi connectivity index (χ1) is 20.5. The van der Waals surface area contributed by atoms with Gasteiger partial charge in [0.15, 0.2) is 0 Å². The minimum atomic E-state index is -4.76. The first-order valence-electron chi connectivity index (χ1n) is 12.6. The van der Waals surface area contributed by atoms with Crippen LogP contribution in [0.2, 0.25) is 0 Å². The third kappa shape index (κ3) is 17.5. The fourth-order valence-electron chi connectivity index (χ4n) is 3.12. The Bertz CT molecular complexity index is 1270. The van der Waals surface area contributed by atoms with Crippen LogP contribution in [-0.2, 0) is 44.2 Å². The van der Waals surface area contributed by atoms with Crippen molar-refractivity contribution >= 4 is 179 Å². The van der Waals surface area contributed by atoms with E-state index in [0.29, 0.717) is 22.5 Å². The van der Waals surface area contributed by atoms with Crippen LogP contribution in [0.3, 0.4) is 0 Å². The molecular formula is C26H30I6NO8PS2. The van der Waals surface area contributed by atoms with E-state index in [9.17, 15) is 19.0 Å². The molecule has 1 atom stereocenters. The molecule has 9 nitrogen and oxygen atoms in total. The number of carbonyl (C=O) groups excluding carboxylic acids is 2. The van der Waals surface area contributed by atoms with Gasteiger partial charge in [-0.05, 0) is 171 Å². The van der Waals surface area contributed by atoms with E-state index in [0.717, 1.165) is 32.5 Å². The van der Waals surface area contributed by atoms with E-state index in [-0.39, 0.29) is 18.1 Å². The highest BCUT2D eigenvalue weighted by Gasteiger charge is 2.23. The van der Waals surface area contributed by atoms with Gasteiger partial charge in [-0.1, -0.05) is 0 Å². The maximum atomic E-state index is 12.5. The van der Waals surface area contributed by atoms with Gasteiger partial charge in [0.2, 0.25) is 0 Å². The lowest BCUT2D eigenvalue weighted by molar-refractivity contribution is -0.870. The molecule has 0 aromatic heterocycles. The summed E-state index contributed by atoms with van der Waals surface area (Å²) in [4.78, 5) is 37.5. The van der Waals surface area contributed by atoms with Crippen molar-refractivity contribution < 1.29 is 42.1 Å². The Hall–Kier alpha value is 2.53. The summed E-state index contributed by atoms with van der Waals surface area (Å²) in [6, 6.07) is 8.32. The molecule has 0 spiro atoms. The first kappa shape index (κ1) is 42.7. The lowest BCUT2D eigenvalue weighted by Gasteiger charge is -2.29. The zero-order valence-corrected chi connectivity index (χ0v) is 39.3. The SMILES string of the molecule is C[N+](C)(C)CCOP(=O)([O-])OC(COC(=O)CSCc1cc(I)cc(I)c1I)COC(=O)CSCc1cc(I)cc(I)c1I. The summed E-state index contributed by atoms with van der Waals surface area (Å²) in [5.74, 6) is 0.291. The van der Waals surface area contributed by atoms with Crippen LogP contribution in [0.5, 0.6) is 0 Å². The largest absolute Gasteiger partial charge is 0.756 e. The molecule has 2 rings (SSSR count). The topological polar surface area (TPSA) is 111 Å². The molecule has 2 aromatic carbocycles. The number of nitrogens with zero attached hydrogens (tertiary/aromatic N) is 1. The molecule has 18 heteroatoms. The van der Waals surface area contributed by atoms with E-state index in [1.807, 2.05) is 21.1 Å². The summed E-state index contributed by atoms with van der Waals surface area (Å²) in [7, 11) is 0.938. The fraction of sp³-hybridized carbons (Fsp3) is 0.462. The average Bonchev–Trinajstić information content (AvgIpc) is 2.90. The standard InChI is InChI=1S/C26H30I6NO8PS2/c1-33(2,3)4-5-40-42(36,37)41-20(10-38-23(34)14-43-12-16-6-18(27)8-21(29)25(16)31)11-39-24(35)15-44-13-17-7-19(28)9-22(30)26(17)32/h6-9,20H,4-5,10-15H2,1-3H3. The molecule has 0 fully saturated rings. The van der Waals surface area contributed by atoms with E-state index in [4.69, 9.17) is 18.5 Å². The van der Waals surface area contributed by atoms with Gasteiger partial charge >= 0.3 is 11.9 Å². The lowest BCUT2D eigenvalue weighted by atomic mass is 10.2. The van der Waals surface area contributed by atoms with Gasteiger partial charge in [0, 0.05) is 32.9 Å². The number of carbonyl (C=O) groups is 2. The minimum Gasteiger partial charge on any atom is -0.756 e. The van der Waals surface area contributed by atoms with Crippen LogP contribution in [0.25, 0.3) is 0 Å². The van der Waals surface area contributed by atoms with E-state index in [2.05, 4.69) is 160 Å². The van der Waals surface area contributed by atoms with Crippen molar-refractivity contribution in [3.8, 4) is 0 Å². The number of likely N-dealkylation sites (N-methyl/N-ethyl adjacent to an activating group) is 1. The van der Waals surface area contributed by atoms with Crippen LogP contribution >= 0.6 is 167 Å². The van der Waals surface area contributed by atoms with Crippen molar-refractivity contribution in [3.63, 3.8) is 0 Å². The number of quaternary nitrogens is 1. The molecule has 0 aliphatic rings. The van der Waals surface area contributed by atoms with Crippen molar-refractivity contribution in [2.75, 3.05) is 59.0 Å². The Morgan fingerprint density at radius 3 is 1.66 bits per heavy atom. The average molecular weight is 1340 g/mol. The summed E-state index contributed by atoms with van der Waals surface area (Å²) in [5, 5.41) is 0. The predicted molar refractivity (Wildman–Crippen MR) is 225 cm³/mol. The third-order valence-electron chi connectivity index (χ3n) is 5.24. The Balaban J connectivity index is 1.92. The molecule has 0 aliphatic carbocycles. The zero-order chi connectivity index (χ0) is 33.1. The van der Waals surface area contributed by atoms with Crippen molar-refractivity contribution in [1.29, 1.82) is 0 Å². The number of phosphoric acid groups is 1.